The van der Waals surface area contributed by atoms with Crippen LogP contribution in [-0.4, -0.2) is 30.8 Å². The number of rotatable bonds is 8. The van der Waals surface area contributed by atoms with Gasteiger partial charge in [0.15, 0.2) is 0 Å². The summed E-state index contributed by atoms with van der Waals surface area (Å²) < 4.78 is 0. The zero-order valence-corrected chi connectivity index (χ0v) is 11.7. The molecular weight excluding hydrogens is 216 g/mol. The van der Waals surface area contributed by atoms with Gasteiger partial charge in [0.2, 0.25) is 0 Å². The number of urea groups is 1. The van der Waals surface area contributed by atoms with Crippen LogP contribution in [-0.2, 0) is 0 Å². The van der Waals surface area contributed by atoms with Gasteiger partial charge in [0, 0.05) is 19.7 Å². The predicted octanol–water partition coefficient (Wildman–Crippen LogP) is 2.13. The highest BCUT2D eigenvalue weighted by Crippen LogP contribution is 2.17. The van der Waals surface area contributed by atoms with Crippen molar-refractivity contribution < 1.29 is 9.90 Å². The zero-order chi connectivity index (χ0) is 13.3. The largest absolute Gasteiger partial charge is 0.396 e. The van der Waals surface area contributed by atoms with Crippen molar-refractivity contribution in [2.45, 2.75) is 47.0 Å². The summed E-state index contributed by atoms with van der Waals surface area (Å²) in [5.74, 6) is 0.561. The fourth-order valence-corrected chi connectivity index (χ4v) is 1.59. The van der Waals surface area contributed by atoms with Crippen molar-refractivity contribution in [2.75, 3.05) is 19.7 Å². The Morgan fingerprint density at radius 1 is 1.24 bits per heavy atom. The number of aliphatic hydroxyl groups is 1. The van der Waals surface area contributed by atoms with E-state index in [0.29, 0.717) is 18.9 Å². The molecular formula is C13H28N2O2. The van der Waals surface area contributed by atoms with Gasteiger partial charge in [-0.1, -0.05) is 40.5 Å². The van der Waals surface area contributed by atoms with Gasteiger partial charge in [-0.25, -0.2) is 4.79 Å². The molecule has 0 atom stereocenters. The van der Waals surface area contributed by atoms with Crippen molar-refractivity contribution in [2.24, 2.45) is 11.3 Å². The van der Waals surface area contributed by atoms with Crippen molar-refractivity contribution in [3.05, 3.63) is 0 Å². The lowest BCUT2D eigenvalue weighted by Gasteiger charge is -2.24. The number of hydrogen-bond donors (Lipinski definition) is 3. The first-order valence-corrected chi connectivity index (χ1v) is 6.57. The third kappa shape index (κ3) is 8.02. The van der Waals surface area contributed by atoms with Crippen LogP contribution in [0.3, 0.4) is 0 Å². The molecule has 0 saturated carbocycles. The van der Waals surface area contributed by atoms with Crippen molar-refractivity contribution in [3.63, 3.8) is 0 Å². The number of nitrogens with one attached hydrogen (secondary N) is 2. The molecule has 0 heterocycles. The summed E-state index contributed by atoms with van der Waals surface area (Å²) in [4.78, 5) is 11.5. The number of carbonyl (C=O) groups is 1. The number of hydrogen-bond acceptors (Lipinski definition) is 2. The molecule has 4 nitrogen and oxygen atoms in total. The van der Waals surface area contributed by atoms with Crippen LogP contribution in [0.4, 0.5) is 4.79 Å². The first-order valence-electron chi connectivity index (χ1n) is 6.57. The molecule has 0 aromatic carbocycles. The summed E-state index contributed by atoms with van der Waals surface area (Å²) in [5.41, 5.74) is -0.0546. The molecule has 4 heteroatoms. The van der Waals surface area contributed by atoms with Gasteiger partial charge < -0.3 is 15.7 Å². The molecule has 0 radical (unpaired) electrons. The van der Waals surface area contributed by atoms with Gasteiger partial charge in [-0.05, 0) is 17.8 Å². The van der Waals surface area contributed by atoms with Gasteiger partial charge in [0.05, 0.1) is 0 Å². The van der Waals surface area contributed by atoms with Crippen LogP contribution in [0.15, 0.2) is 0 Å². The molecule has 0 spiro atoms. The lowest BCUT2D eigenvalue weighted by atomic mass is 9.90. The van der Waals surface area contributed by atoms with Crippen molar-refractivity contribution in [3.8, 4) is 0 Å². The van der Waals surface area contributed by atoms with Gasteiger partial charge in [0.25, 0.3) is 0 Å². The van der Waals surface area contributed by atoms with Gasteiger partial charge in [-0.2, -0.15) is 0 Å². The lowest BCUT2D eigenvalue weighted by molar-refractivity contribution is 0.200. The Balaban J connectivity index is 3.79. The van der Waals surface area contributed by atoms with E-state index in [4.69, 9.17) is 5.11 Å². The highest BCUT2D eigenvalue weighted by molar-refractivity contribution is 5.73. The zero-order valence-electron chi connectivity index (χ0n) is 11.7. The predicted molar refractivity (Wildman–Crippen MR) is 71.0 cm³/mol. The first kappa shape index (κ1) is 16.2. The summed E-state index contributed by atoms with van der Waals surface area (Å²) in [6.45, 7) is 9.82. The number of amides is 2. The van der Waals surface area contributed by atoms with Gasteiger partial charge in [-0.15, -0.1) is 0 Å². The monoisotopic (exact) mass is 244 g/mol. The Kier molecular flexibility index (Phi) is 7.96. The van der Waals surface area contributed by atoms with E-state index in [-0.39, 0.29) is 18.1 Å². The molecule has 0 rings (SSSR count). The molecule has 0 aliphatic heterocycles. The normalized spacial score (nSPS) is 11.6. The fourth-order valence-electron chi connectivity index (χ4n) is 1.59. The van der Waals surface area contributed by atoms with Crippen LogP contribution in [0.1, 0.15) is 47.0 Å². The van der Waals surface area contributed by atoms with E-state index in [2.05, 4.69) is 24.5 Å². The van der Waals surface area contributed by atoms with E-state index in [1.54, 1.807) is 0 Å². The minimum atomic E-state index is -0.108. The highest BCUT2D eigenvalue weighted by atomic mass is 16.3. The van der Waals surface area contributed by atoms with Crippen LogP contribution < -0.4 is 10.6 Å². The standard InChI is InChI=1S/C13H28N2O2/c1-5-11(6-2)9-14-12(17)15-10-13(3,4)7-8-16/h11,16H,5-10H2,1-4H3,(H2,14,15,17). The molecule has 0 aliphatic carbocycles. The topological polar surface area (TPSA) is 61.4 Å². The number of carbonyl (C=O) groups excluding carboxylic acids is 1. The molecule has 0 aromatic rings. The number of aliphatic hydroxyl groups excluding tert-OH is 1. The van der Waals surface area contributed by atoms with E-state index >= 15 is 0 Å². The van der Waals surface area contributed by atoms with Gasteiger partial charge in [-0.3, -0.25) is 0 Å². The fraction of sp³-hybridized carbons (Fsp3) is 0.923. The lowest BCUT2D eigenvalue weighted by Crippen LogP contribution is -2.42. The summed E-state index contributed by atoms with van der Waals surface area (Å²) in [5, 5.41) is 14.6. The summed E-state index contributed by atoms with van der Waals surface area (Å²) in [7, 11) is 0. The van der Waals surface area contributed by atoms with Gasteiger partial charge >= 0.3 is 6.03 Å². The second kappa shape index (κ2) is 8.34. The average Bonchev–Trinajstić information content (AvgIpc) is 2.28. The summed E-state index contributed by atoms with van der Waals surface area (Å²) >= 11 is 0. The van der Waals surface area contributed by atoms with Crippen molar-refractivity contribution in [1.82, 2.24) is 10.6 Å². The minimum absolute atomic E-state index is 0.0546. The SMILES string of the molecule is CCC(CC)CNC(=O)NCC(C)(C)CCO. The molecule has 0 bridgehead atoms. The summed E-state index contributed by atoms with van der Waals surface area (Å²) in [6.07, 6.45) is 2.87. The van der Waals surface area contributed by atoms with E-state index in [0.717, 1.165) is 19.4 Å². The van der Waals surface area contributed by atoms with Crippen LogP contribution in [0, 0.1) is 11.3 Å². The van der Waals surface area contributed by atoms with Crippen molar-refractivity contribution >= 4 is 6.03 Å². The second-order valence-electron chi connectivity index (χ2n) is 5.38. The van der Waals surface area contributed by atoms with Crippen LogP contribution in [0.5, 0.6) is 0 Å². The van der Waals surface area contributed by atoms with Crippen molar-refractivity contribution in [1.29, 1.82) is 0 Å². The Hall–Kier alpha value is -0.770. The minimum Gasteiger partial charge on any atom is -0.396 e. The van der Waals surface area contributed by atoms with E-state index in [1.807, 2.05) is 13.8 Å². The first-order chi connectivity index (χ1) is 7.95. The van der Waals surface area contributed by atoms with E-state index in [9.17, 15) is 4.79 Å². The summed E-state index contributed by atoms with van der Waals surface area (Å²) in [6, 6.07) is -0.108. The smallest absolute Gasteiger partial charge is 0.314 e. The molecule has 0 unspecified atom stereocenters. The van der Waals surface area contributed by atoms with Crippen LogP contribution in [0.2, 0.25) is 0 Å². The van der Waals surface area contributed by atoms with Gasteiger partial charge in [0.1, 0.15) is 0 Å². The molecule has 0 saturated heterocycles. The maximum atomic E-state index is 11.5. The third-order valence-electron chi connectivity index (χ3n) is 3.22. The Morgan fingerprint density at radius 3 is 2.29 bits per heavy atom. The van der Waals surface area contributed by atoms with Crippen LogP contribution in [0.25, 0.3) is 0 Å². The molecule has 3 N–H and O–H groups in total. The molecule has 0 aromatic heterocycles. The maximum absolute atomic E-state index is 11.5. The molecule has 102 valence electrons. The molecule has 0 aliphatic rings. The Labute approximate surface area is 105 Å². The third-order valence-corrected chi connectivity index (χ3v) is 3.22. The second-order valence-corrected chi connectivity index (χ2v) is 5.38. The Bertz CT molecular complexity index is 213. The molecule has 2 amide bonds. The van der Waals surface area contributed by atoms with Crippen LogP contribution >= 0.6 is 0 Å². The Morgan fingerprint density at radius 2 is 1.82 bits per heavy atom. The van der Waals surface area contributed by atoms with E-state index in [1.165, 1.54) is 0 Å². The molecule has 17 heavy (non-hydrogen) atoms. The highest BCUT2D eigenvalue weighted by Gasteiger charge is 2.18. The quantitative estimate of drug-likeness (QED) is 0.612. The average molecular weight is 244 g/mol. The molecule has 0 fully saturated rings. The van der Waals surface area contributed by atoms with E-state index < -0.39 is 0 Å². The maximum Gasteiger partial charge on any atom is 0.314 e.